The van der Waals surface area contributed by atoms with Gasteiger partial charge in [0.2, 0.25) is 0 Å². The Balaban J connectivity index is 1.35. The minimum atomic E-state index is -0.0626. The molecular formula is C24H28N8O. The van der Waals surface area contributed by atoms with Crippen molar-refractivity contribution in [1.82, 2.24) is 19.9 Å². The number of anilines is 3. The molecule has 2 N–H and O–H groups in total. The van der Waals surface area contributed by atoms with Crippen LogP contribution in [0.2, 0.25) is 0 Å². The highest BCUT2D eigenvalue weighted by Crippen LogP contribution is 2.40. The number of rotatable bonds is 6. The molecular weight excluding hydrogens is 416 g/mol. The molecule has 2 aromatic heterocycles. The summed E-state index contributed by atoms with van der Waals surface area (Å²) in [6, 6.07) is 9.67. The Morgan fingerprint density at radius 2 is 1.70 bits per heavy atom. The van der Waals surface area contributed by atoms with Gasteiger partial charge in [0.15, 0.2) is 0 Å². The third-order valence-corrected chi connectivity index (χ3v) is 6.21. The smallest absolute Gasteiger partial charge is 0.132 e. The second-order valence-electron chi connectivity index (χ2n) is 8.68. The molecule has 9 nitrogen and oxygen atoms in total. The van der Waals surface area contributed by atoms with Crippen LogP contribution in [0.25, 0.3) is 0 Å². The molecule has 3 heterocycles. The largest absolute Gasteiger partial charge is 0.488 e. The van der Waals surface area contributed by atoms with Gasteiger partial charge in [-0.15, -0.1) is 0 Å². The third kappa shape index (κ3) is 4.57. The number of hydrogen-bond acceptors (Lipinski definition) is 9. The van der Waals surface area contributed by atoms with Crippen LogP contribution in [-0.4, -0.2) is 64.5 Å². The lowest BCUT2D eigenvalue weighted by Crippen LogP contribution is -2.47. The van der Waals surface area contributed by atoms with Crippen molar-refractivity contribution in [1.29, 1.82) is 0 Å². The highest BCUT2D eigenvalue weighted by molar-refractivity contribution is 6.15. The first-order valence-corrected chi connectivity index (χ1v) is 11.2. The van der Waals surface area contributed by atoms with Crippen LogP contribution in [0, 0.1) is 0 Å². The molecule has 170 valence electrons. The number of ether oxygens (including phenoxy) is 1. The predicted octanol–water partition coefficient (Wildman–Crippen LogP) is 2.57. The number of aromatic nitrogens is 4. The third-order valence-electron chi connectivity index (χ3n) is 6.21. The van der Waals surface area contributed by atoms with Crippen LogP contribution in [0.15, 0.2) is 54.2 Å². The fraction of sp³-hybridized carbons (Fsp3) is 0.375. The summed E-state index contributed by atoms with van der Waals surface area (Å²) >= 11 is 0. The highest BCUT2D eigenvalue weighted by Gasteiger charge is 2.40. The minimum Gasteiger partial charge on any atom is -0.488 e. The lowest BCUT2D eigenvalue weighted by molar-refractivity contribution is 0.200. The van der Waals surface area contributed by atoms with Crippen LogP contribution < -0.4 is 20.3 Å². The molecule has 1 aromatic carbocycles. The van der Waals surface area contributed by atoms with Gasteiger partial charge in [-0.05, 0) is 44.0 Å². The van der Waals surface area contributed by atoms with Crippen molar-refractivity contribution < 1.29 is 4.74 Å². The molecule has 0 unspecified atom stereocenters. The molecule has 33 heavy (non-hydrogen) atoms. The summed E-state index contributed by atoms with van der Waals surface area (Å²) in [6.07, 6.45) is 7.09. The van der Waals surface area contributed by atoms with Gasteiger partial charge in [0.05, 0.1) is 11.4 Å². The van der Waals surface area contributed by atoms with Crippen LogP contribution in [0.5, 0.6) is 5.75 Å². The van der Waals surface area contributed by atoms with E-state index in [4.69, 9.17) is 10.5 Å². The molecule has 9 heteroatoms. The molecule has 2 fully saturated rings. The van der Waals surface area contributed by atoms with Gasteiger partial charge in [0.25, 0.3) is 0 Å². The molecule has 3 aromatic rings. The second kappa shape index (κ2) is 8.65. The Bertz CT molecular complexity index is 1150. The lowest BCUT2D eigenvalue weighted by atomic mass is 10.0. The van der Waals surface area contributed by atoms with Crippen LogP contribution >= 0.6 is 0 Å². The summed E-state index contributed by atoms with van der Waals surface area (Å²) in [5, 5.41) is 0. The first-order chi connectivity index (χ1) is 16.0. The summed E-state index contributed by atoms with van der Waals surface area (Å²) in [6.45, 7) is 5.51. The first-order valence-electron chi connectivity index (χ1n) is 11.2. The van der Waals surface area contributed by atoms with Crippen molar-refractivity contribution in [2.24, 2.45) is 4.99 Å². The lowest BCUT2D eigenvalue weighted by Gasteiger charge is -2.36. The van der Waals surface area contributed by atoms with Gasteiger partial charge >= 0.3 is 0 Å². The highest BCUT2D eigenvalue weighted by atomic mass is 16.5. The van der Waals surface area contributed by atoms with E-state index in [1.807, 2.05) is 30.3 Å². The van der Waals surface area contributed by atoms with Gasteiger partial charge in [-0.1, -0.05) is 0 Å². The van der Waals surface area contributed by atoms with E-state index < -0.39 is 0 Å². The van der Waals surface area contributed by atoms with E-state index in [0.29, 0.717) is 5.69 Å². The first kappa shape index (κ1) is 21.1. The standard InChI is InChI=1S/C24H28N8O/c1-24(6-7-24)33-17-3-4-19(25)18(13-17)23(26-2)20-14-22(30-16-28-20)32-11-9-31(10-12-32)21-5-8-27-15-29-21/h3-5,8,13-16H,6-7,9-12,25H2,1-2H3. The molecule has 2 aliphatic rings. The molecule has 1 saturated heterocycles. The number of hydrogen-bond donors (Lipinski definition) is 1. The van der Waals surface area contributed by atoms with Crippen LogP contribution in [0.4, 0.5) is 17.3 Å². The summed E-state index contributed by atoms with van der Waals surface area (Å²) in [7, 11) is 1.76. The number of piperazine rings is 1. The molecule has 1 aliphatic heterocycles. The van der Waals surface area contributed by atoms with E-state index >= 15 is 0 Å². The summed E-state index contributed by atoms with van der Waals surface area (Å²) < 4.78 is 6.14. The summed E-state index contributed by atoms with van der Waals surface area (Å²) in [5.41, 5.74) is 9.19. The van der Waals surface area contributed by atoms with E-state index in [2.05, 4.69) is 41.7 Å². The fourth-order valence-corrected chi connectivity index (χ4v) is 4.02. The molecule has 0 bridgehead atoms. The maximum absolute atomic E-state index is 6.33. The summed E-state index contributed by atoms with van der Waals surface area (Å²) in [5.74, 6) is 2.63. The molecule has 1 aliphatic carbocycles. The summed E-state index contributed by atoms with van der Waals surface area (Å²) in [4.78, 5) is 26.4. The quantitative estimate of drug-likeness (QED) is 0.457. The van der Waals surface area contributed by atoms with Crippen molar-refractivity contribution in [3.63, 3.8) is 0 Å². The van der Waals surface area contributed by atoms with E-state index in [9.17, 15) is 0 Å². The normalized spacial score (nSPS) is 17.7. The van der Waals surface area contributed by atoms with Gasteiger partial charge in [0.1, 0.15) is 35.6 Å². The molecule has 1 saturated carbocycles. The van der Waals surface area contributed by atoms with Gasteiger partial charge in [-0.3, -0.25) is 4.99 Å². The van der Waals surface area contributed by atoms with Crippen LogP contribution in [0.1, 0.15) is 31.0 Å². The van der Waals surface area contributed by atoms with Gasteiger partial charge in [-0.2, -0.15) is 0 Å². The minimum absolute atomic E-state index is 0.0626. The average molecular weight is 445 g/mol. The van der Waals surface area contributed by atoms with Gasteiger partial charge < -0.3 is 20.3 Å². The molecule has 5 rings (SSSR count). The topological polar surface area (TPSA) is 106 Å². The Morgan fingerprint density at radius 3 is 2.36 bits per heavy atom. The van der Waals surface area contributed by atoms with Gasteiger partial charge in [0, 0.05) is 56.7 Å². The van der Waals surface area contributed by atoms with Crippen molar-refractivity contribution in [2.45, 2.75) is 25.4 Å². The maximum Gasteiger partial charge on any atom is 0.132 e. The predicted molar refractivity (Wildman–Crippen MR) is 129 cm³/mol. The molecule has 0 atom stereocenters. The zero-order valence-electron chi connectivity index (χ0n) is 19.0. The Morgan fingerprint density at radius 1 is 0.970 bits per heavy atom. The number of aliphatic imine (C=N–C) groups is 1. The second-order valence-corrected chi connectivity index (χ2v) is 8.68. The van der Waals surface area contributed by atoms with Gasteiger partial charge in [-0.25, -0.2) is 19.9 Å². The Labute approximate surface area is 193 Å². The zero-order chi connectivity index (χ0) is 22.8. The van der Waals surface area contributed by atoms with Crippen LogP contribution in [0.3, 0.4) is 0 Å². The SMILES string of the molecule is CN=C(c1cc(N2CCN(c3ccncn3)CC2)ncn1)c1cc(OC2(C)CC2)ccc1N. The molecule has 0 amide bonds. The monoisotopic (exact) mass is 444 g/mol. The number of nitrogens with two attached hydrogens (primary N) is 1. The van der Waals surface area contributed by atoms with E-state index in [-0.39, 0.29) is 5.60 Å². The van der Waals surface area contributed by atoms with Crippen molar-refractivity contribution in [3.05, 3.63) is 60.4 Å². The molecule has 0 spiro atoms. The fourth-order valence-electron chi connectivity index (χ4n) is 4.02. The number of nitrogen functional groups attached to an aromatic ring is 1. The Hall–Kier alpha value is -3.75. The molecule has 0 radical (unpaired) electrons. The number of nitrogens with zero attached hydrogens (tertiary/aromatic N) is 7. The van der Waals surface area contributed by atoms with E-state index in [0.717, 1.165) is 73.4 Å². The van der Waals surface area contributed by atoms with E-state index in [1.165, 1.54) is 0 Å². The van der Waals surface area contributed by atoms with E-state index in [1.54, 1.807) is 25.9 Å². The maximum atomic E-state index is 6.33. The average Bonchev–Trinajstić information content (AvgIpc) is 3.59. The van der Waals surface area contributed by atoms with Crippen molar-refractivity contribution >= 4 is 23.0 Å². The van der Waals surface area contributed by atoms with Crippen molar-refractivity contribution in [2.75, 3.05) is 48.8 Å². The zero-order valence-corrected chi connectivity index (χ0v) is 19.0. The van der Waals surface area contributed by atoms with Crippen LogP contribution in [-0.2, 0) is 0 Å². The number of benzene rings is 1. The Kier molecular flexibility index (Phi) is 5.53. The van der Waals surface area contributed by atoms with Crippen molar-refractivity contribution in [3.8, 4) is 5.75 Å².